The zero-order valence-corrected chi connectivity index (χ0v) is 40.3. The van der Waals surface area contributed by atoms with Crippen molar-refractivity contribution in [3.8, 4) is 0 Å². The third kappa shape index (κ3) is 9.95. The van der Waals surface area contributed by atoms with Gasteiger partial charge in [0.2, 0.25) is 23.6 Å². The Morgan fingerprint density at radius 1 is 0.421 bits per heavy atom. The van der Waals surface area contributed by atoms with Gasteiger partial charge in [0.25, 0.3) is 23.6 Å². The molecule has 392 valence electrons. The molecule has 0 saturated carbocycles. The zero-order valence-electron chi connectivity index (χ0n) is 58.3. The van der Waals surface area contributed by atoms with Gasteiger partial charge in [-0.25, -0.2) is 0 Å². The Kier molecular flexibility index (Phi) is 9.26. The van der Waals surface area contributed by atoms with E-state index in [1.54, 1.807) is 36.4 Å². The van der Waals surface area contributed by atoms with Crippen molar-refractivity contribution in [3.05, 3.63) is 166 Å². The summed E-state index contributed by atoms with van der Waals surface area (Å²) in [5.41, 5.74) is 25.5. The maximum Gasteiger partial charge on any atom is 0.255 e. The molecule has 20 nitrogen and oxygen atoms in total. The average molecular weight is 1050 g/mol. The molecule has 8 aliphatic rings. The topological polar surface area (TPSA) is 302 Å². The van der Waals surface area contributed by atoms with E-state index < -0.39 is 133 Å². The lowest BCUT2D eigenvalue weighted by atomic mass is 10.0. The summed E-state index contributed by atoms with van der Waals surface area (Å²) < 4.78 is 145. The molecule has 4 atom stereocenters. The number of fused-ring (bicyclic) bond motifs is 4. The lowest BCUT2D eigenvalue weighted by Gasteiger charge is -2.30. The molecule has 4 saturated heterocycles. The fraction of sp³-hybridized carbons (Fsp3) is 0.286. The van der Waals surface area contributed by atoms with Crippen LogP contribution in [0.1, 0.15) is 140 Å². The Balaban J connectivity index is 0.000000148. The minimum atomic E-state index is -2.59. The summed E-state index contributed by atoms with van der Waals surface area (Å²) in [6, 6.07) is -3.24. The third-order valence-corrected chi connectivity index (χ3v) is 12.6. The maximum atomic E-state index is 12.8. The molecule has 76 heavy (non-hydrogen) atoms. The van der Waals surface area contributed by atoms with Crippen molar-refractivity contribution in [2.75, 3.05) is 22.9 Å². The number of rotatable bonds is 4. The standard InChI is InChI=1S/4C14H15N3O2/c4*1-8-5-6-12(13(18)16-8)17-7-10-9(14(17)19)3-2-4-11(10)15/h4*2-4,12H,1,5-7,15H2,(H,16,18)/t4*12-/m1100/s1/i2D,3D,4D,6D2,12D;6D2,12D;2D,3D,4D,6D2,12D;6D2,12D. The number of piperidine rings is 4. The number of nitrogens with one attached hydrogen (secondary N) is 4. The Bertz CT molecular complexity index is 3930. The van der Waals surface area contributed by atoms with Crippen LogP contribution in [0.25, 0.3) is 0 Å². The van der Waals surface area contributed by atoms with Gasteiger partial charge < -0.3 is 63.8 Å². The van der Waals surface area contributed by atoms with Gasteiger partial charge in [-0.1, -0.05) is 50.5 Å². The van der Waals surface area contributed by atoms with Crippen LogP contribution in [0.4, 0.5) is 22.7 Å². The first-order valence-electron chi connectivity index (χ1n) is 32.0. The number of allylic oxidation sites excluding steroid dienone is 4. The van der Waals surface area contributed by atoms with Gasteiger partial charge in [-0.15, -0.1) is 0 Å². The number of hydrogen-bond acceptors (Lipinski definition) is 12. The van der Waals surface area contributed by atoms with E-state index in [1.807, 2.05) is 0 Å². The van der Waals surface area contributed by atoms with E-state index in [4.69, 9.17) is 47.6 Å². The lowest BCUT2D eigenvalue weighted by Crippen LogP contribution is -2.49. The van der Waals surface area contributed by atoms with E-state index in [9.17, 15) is 38.4 Å². The van der Waals surface area contributed by atoms with Crippen molar-refractivity contribution in [2.45, 2.75) is 101 Å². The fourth-order valence-corrected chi connectivity index (χ4v) is 8.76. The number of nitrogen functional groups attached to an aromatic ring is 4. The number of carbonyl (C=O) groups excluding carboxylic acids is 8. The number of nitrogens with zero attached hydrogens (tertiary/aromatic N) is 4. The highest BCUT2D eigenvalue weighted by Gasteiger charge is 2.42. The zero-order chi connectivity index (χ0) is 70.4. The first-order valence-corrected chi connectivity index (χ1v) is 23.0. The molecule has 4 aromatic rings. The summed E-state index contributed by atoms with van der Waals surface area (Å²) >= 11 is 0. The van der Waals surface area contributed by atoms with Gasteiger partial charge in [0.1, 0.15) is 24.1 Å². The van der Waals surface area contributed by atoms with Gasteiger partial charge in [-0.2, -0.15) is 0 Å². The normalized spacial score (nSPS) is 32.4. The molecule has 0 radical (unpaired) electrons. The summed E-state index contributed by atoms with van der Waals surface area (Å²) in [5, 5.41) is 9.35. The van der Waals surface area contributed by atoms with Gasteiger partial charge in [0.15, 0.2) is 0 Å². The van der Waals surface area contributed by atoms with Crippen molar-refractivity contribution in [1.29, 1.82) is 0 Å². The van der Waals surface area contributed by atoms with Crippen LogP contribution in [-0.4, -0.2) is 90.9 Å². The number of anilines is 4. The Labute approximate surface area is 464 Å². The Hall–Kier alpha value is -9.20. The quantitative estimate of drug-likeness (QED) is 0.134. The van der Waals surface area contributed by atoms with E-state index in [0.29, 0.717) is 43.4 Å². The van der Waals surface area contributed by atoms with Crippen LogP contribution in [0.5, 0.6) is 0 Å². The minimum absolute atomic E-state index is 0.0654. The molecule has 8 amide bonds. The molecule has 4 fully saturated rings. The summed E-state index contributed by atoms with van der Waals surface area (Å²) in [7, 11) is 0. The third-order valence-electron chi connectivity index (χ3n) is 12.6. The highest BCUT2D eigenvalue weighted by molar-refractivity contribution is 6.05. The van der Waals surface area contributed by atoms with E-state index in [-0.39, 0.29) is 108 Å². The van der Waals surface area contributed by atoms with Gasteiger partial charge >= 0.3 is 0 Å². The predicted octanol–water partition coefficient (Wildman–Crippen LogP) is 4.07. The molecular weight excluding hydrogens is 969 g/mol. The molecular formula is C56H60N12O8. The number of amides is 8. The van der Waals surface area contributed by atoms with Crippen LogP contribution in [0.2, 0.25) is 0 Å². The first-order chi connectivity index (χ1) is 43.2. The van der Waals surface area contributed by atoms with E-state index in [2.05, 4.69) is 47.6 Å². The SMILES string of the molecule is [2H]C1([2H])CC(=C)NC(=O)[C@@]1([2H])N1Cc2c(N)cccc2C1=O.[2H]C1([2H])CC(=C)NC(=O)[C@]1([2H])N1Cc2c(N)cccc2C1=O.[2H]c1c([2H])c(N)c2c(c1[2H])C(=O)N([C@@]1([2H])C(=O)NC(=C)CC1([2H])[2H])C2.[2H]c1c([2H])c(N)c2c(c1[2H])C(=O)N([C@]1([2H])C(=O)NC(=C)CC1([2H])[2H])C2. The minimum Gasteiger partial charge on any atom is -0.398 e. The van der Waals surface area contributed by atoms with Crippen LogP contribution in [0.15, 0.2) is 122 Å². The molecule has 0 aliphatic carbocycles. The predicted molar refractivity (Wildman–Crippen MR) is 284 cm³/mol. The second kappa shape index (κ2) is 21.0. The molecule has 0 spiro atoms. The summed E-state index contributed by atoms with van der Waals surface area (Å²) in [4.78, 5) is 103. The van der Waals surface area contributed by atoms with Gasteiger partial charge in [0.05, 0.1) is 13.7 Å². The molecule has 20 heteroatoms. The molecule has 0 aromatic heterocycles. The lowest BCUT2D eigenvalue weighted by molar-refractivity contribution is -0.127. The van der Waals surface area contributed by atoms with Gasteiger partial charge in [-0.05, 0) is 99.6 Å². The smallest absolute Gasteiger partial charge is 0.255 e. The van der Waals surface area contributed by atoms with E-state index in [0.717, 1.165) is 9.80 Å². The molecule has 12 N–H and O–H groups in total. The van der Waals surface area contributed by atoms with Crippen LogP contribution < -0.4 is 44.2 Å². The molecule has 8 aliphatic heterocycles. The molecule has 8 heterocycles. The van der Waals surface area contributed by atoms with Crippen LogP contribution in [0.3, 0.4) is 0 Å². The molecule has 4 aromatic carbocycles. The van der Waals surface area contributed by atoms with Crippen LogP contribution >= 0.6 is 0 Å². The summed E-state index contributed by atoms with van der Waals surface area (Å²) in [6.07, 6.45) is -10.5. The number of benzene rings is 4. The highest BCUT2D eigenvalue weighted by Crippen LogP contribution is 2.35. The maximum absolute atomic E-state index is 12.8. The fourth-order valence-electron chi connectivity index (χ4n) is 8.76. The van der Waals surface area contributed by atoms with Crippen molar-refractivity contribution in [3.63, 3.8) is 0 Å². The van der Waals surface area contributed by atoms with E-state index in [1.165, 1.54) is 0 Å². The average Bonchev–Trinajstić information content (AvgIpc) is 1.49. The second-order valence-electron chi connectivity index (χ2n) is 17.6. The van der Waals surface area contributed by atoms with Crippen molar-refractivity contribution in [1.82, 2.24) is 40.9 Å². The van der Waals surface area contributed by atoms with Crippen LogP contribution in [0, 0.1) is 0 Å². The molecule has 12 rings (SSSR count). The van der Waals surface area contributed by atoms with Crippen molar-refractivity contribution in [2.24, 2.45) is 0 Å². The van der Waals surface area contributed by atoms with Gasteiger partial charge in [0, 0.05) is 127 Å². The van der Waals surface area contributed by atoms with E-state index >= 15 is 0 Å². The second-order valence-corrected chi connectivity index (χ2v) is 17.6. The largest absolute Gasteiger partial charge is 0.398 e. The van der Waals surface area contributed by atoms with Crippen LogP contribution in [-0.2, 0) is 45.4 Å². The highest BCUT2D eigenvalue weighted by atomic mass is 16.2. The Morgan fingerprint density at radius 2 is 0.684 bits per heavy atom. The van der Waals surface area contributed by atoms with Gasteiger partial charge in [-0.3, -0.25) is 38.4 Å². The van der Waals surface area contributed by atoms with Crippen molar-refractivity contribution < 1.29 is 63.0 Å². The summed E-state index contributed by atoms with van der Waals surface area (Å²) in [5.74, 6) is -6.87. The molecule has 0 unspecified atom stereocenters. The monoisotopic (exact) mass is 1050 g/mol. The number of carbonyl (C=O) groups is 8. The number of hydrogen-bond donors (Lipinski definition) is 8. The summed E-state index contributed by atoms with van der Waals surface area (Å²) in [6.45, 7) is 13.2. The first kappa shape index (κ1) is 33.6. The number of nitrogens with two attached hydrogens (primary N) is 4. The molecule has 0 bridgehead atoms. The van der Waals surface area contributed by atoms with Crippen molar-refractivity contribution >= 4 is 70.0 Å². The Morgan fingerprint density at radius 3 is 0.947 bits per heavy atom.